The third-order valence-corrected chi connectivity index (χ3v) is 4.25. The Morgan fingerprint density at radius 2 is 1.81 bits per heavy atom. The average Bonchev–Trinajstić information content (AvgIpc) is 2.42. The van der Waals surface area contributed by atoms with Crippen LogP contribution in [0.5, 0.6) is 0 Å². The van der Waals surface area contributed by atoms with Gasteiger partial charge in [0.2, 0.25) is 10.0 Å². The van der Waals surface area contributed by atoms with Crippen LogP contribution in [0.15, 0.2) is 47.4 Å². The van der Waals surface area contributed by atoms with Crippen LogP contribution in [0, 0.1) is 5.82 Å². The summed E-state index contributed by atoms with van der Waals surface area (Å²) in [7, 11) is -3.70. The van der Waals surface area contributed by atoms with E-state index in [2.05, 4.69) is 5.32 Å². The molecule has 0 aromatic heterocycles. The van der Waals surface area contributed by atoms with E-state index in [0.29, 0.717) is 5.69 Å². The van der Waals surface area contributed by atoms with E-state index in [1.807, 2.05) is 6.92 Å². The van der Waals surface area contributed by atoms with Crippen molar-refractivity contribution in [2.24, 2.45) is 5.14 Å². The minimum absolute atomic E-state index is 0.0518. The lowest BCUT2D eigenvalue weighted by Crippen LogP contribution is -2.12. The summed E-state index contributed by atoms with van der Waals surface area (Å²) in [5.41, 5.74) is 1.43. The number of rotatable bonds is 4. The molecule has 0 heterocycles. The van der Waals surface area contributed by atoms with Crippen molar-refractivity contribution in [3.63, 3.8) is 0 Å². The van der Waals surface area contributed by atoms with Gasteiger partial charge in [0.15, 0.2) is 0 Å². The van der Waals surface area contributed by atoms with E-state index in [-0.39, 0.29) is 16.0 Å². The molecule has 2 aromatic carbocycles. The minimum Gasteiger partial charge on any atom is -0.378 e. The first-order valence-corrected chi connectivity index (χ1v) is 8.04. The third-order valence-electron chi connectivity index (χ3n) is 3.01. The fraction of sp³-hybridized carbons (Fsp3) is 0.143. The molecule has 0 bridgehead atoms. The second-order valence-electron chi connectivity index (χ2n) is 4.61. The summed E-state index contributed by atoms with van der Waals surface area (Å²) in [5.74, 6) is -0.501. The number of hydrogen-bond donors (Lipinski definition) is 2. The first-order valence-electron chi connectivity index (χ1n) is 6.12. The van der Waals surface area contributed by atoms with Crippen molar-refractivity contribution in [3.05, 3.63) is 58.9 Å². The Morgan fingerprint density at radius 3 is 2.33 bits per heavy atom. The highest BCUT2D eigenvalue weighted by molar-refractivity contribution is 7.89. The van der Waals surface area contributed by atoms with Crippen LogP contribution in [0.2, 0.25) is 5.02 Å². The van der Waals surface area contributed by atoms with Gasteiger partial charge in [-0.3, -0.25) is 0 Å². The van der Waals surface area contributed by atoms with Gasteiger partial charge < -0.3 is 5.32 Å². The van der Waals surface area contributed by atoms with Crippen molar-refractivity contribution in [3.8, 4) is 0 Å². The first-order chi connectivity index (χ1) is 9.77. The maximum absolute atomic E-state index is 13.4. The molecule has 3 N–H and O–H groups in total. The number of nitrogens with two attached hydrogens (primary N) is 1. The summed E-state index contributed by atoms with van der Waals surface area (Å²) in [6, 6.07) is 10.5. The monoisotopic (exact) mass is 328 g/mol. The Kier molecular flexibility index (Phi) is 4.51. The summed E-state index contributed by atoms with van der Waals surface area (Å²) in [5, 5.41) is 8.21. The Labute approximate surface area is 127 Å². The summed E-state index contributed by atoms with van der Waals surface area (Å²) < 4.78 is 35.7. The third kappa shape index (κ3) is 3.93. The summed E-state index contributed by atoms with van der Waals surface area (Å²) in [4.78, 5) is 0.0518. The smallest absolute Gasteiger partial charge is 0.238 e. The highest BCUT2D eigenvalue weighted by atomic mass is 35.5. The minimum atomic E-state index is -3.70. The van der Waals surface area contributed by atoms with Crippen molar-refractivity contribution >= 4 is 27.3 Å². The number of primary sulfonamides is 1. The van der Waals surface area contributed by atoms with E-state index in [9.17, 15) is 12.8 Å². The van der Waals surface area contributed by atoms with E-state index < -0.39 is 15.8 Å². The highest BCUT2D eigenvalue weighted by Gasteiger charge is 2.10. The van der Waals surface area contributed by atoms with Gasteiger partial charge in [-0.1, -0.05) is 23.7 Å². The lowest BCUT2D eigenvalue weighted by Gasteiger charge is -2.16. The molecule has 2 rings (SSSR count). The topological polar surface area (TPSA) is 72.2 Å². The van der Waals surface area contributed by atoms with Gasteiger partial charge in [-0.15, -0.1) is 0 Å². The number of anilines is 1. The van der Waals surface area contributed by atoms with Crippen LogP contribution in [0.1, 0.15) is 18.5 Å². The largest absolute Gasteiger partial charge is 0.378 e. The molecular formula is C14H14ClFN2O2S. The molecule has 0 amide bonds. The van der Waals surface area contributed by atoms with Crippen LogP contribution >= 0.6 is 11.6 Å². The zero-order valence-corrected chi connectivity index (χ0v) is 12.7. The summed E-state index contributed by atoms with van der Waals surface area (Å²) >= 11 is 5.62. The number of halogens is 2. The van der Waals surface area contributed by atoms with Crippen molar-refractivity contribution < 1.29 is 12.8 Å². The van der Waals surface area contributed by atoms with Gasteiger partial charge in [-0.05, 0) is 42.8 Å². The molecular weight excluding hydrogens is 315 g/mol. The van der Waals surface area contributed by atoms with Crippen LogP contribution < -0.4 is 10.5 Å². The van der Waals surface area contributed by atoms with Crippen LogP contribution in [0.4, 0.5) is 10.1 Å². The fourth-order valence-corrected chi connectivity index (χ4v) is 2.50. The van der Waals surface area contributed by atoms with Crippen molar-refractivity contribution in [1.82, 2.24) is 0 Å². The van der Waals surface area contributed by atoms with Crippen molar-refractivity contribution in [2.45, 2.75) is 17.9 Å². The van der Waals surface area contributed by atoms with Crippen molar-refractivity contribution in [1.29, 1.82) is 0 Å². The molecule has 4 nitrogen and oxygen atoms in total. The molecule has 0 spiro atoms. The maximum Gasteiger partial charge on any atom is 0.238 e. The predicted octanol–water partition coefficient (Wildman–Crippen LogP) is 3.30. The quantitative estimate of drug-likeness (QED) is 0.904. The molecule has 0 saturated carbocycles. The Balaban J connectivity index is 2.16. The van der Waals surface area contributed by atoms with Gasteiger partial charge in [0.1, 0.15) is 5.82 Å². The van der Waals surface area contributed by atoms with Gasteiger partial charge in [0.05, 0.1) is 9.92 Å². The Hall–Kier alpha value is -1.63. The summed E-state index contributed by atoms with van der Waals surface area (Å²) in [6.07, 6.45) is 0. The standard InChI is InChI=1S/C14H14ClFN2O2S/c1-9(18-11-4-7-13(15)14(16)8-11)10-2-5-12(6-3-10)21(17,19)20/h2-9,18H,1H3,(H2,17,19,20). The second-order valence-corrected chi connectivity index (χ2v) is 6.58. The number of benzene rings is 2. The van der Waals surface area contributed by atoms with Gasteiger partial charge >= 0.3 is 0 Å². The second kappa shape index (κ2) is 6.01. The molecule has 0 saturated heterocycles. The number of sulfonamides is 1. The van der Waals surface area contributed by atoms with Gasteiger partial charge in [-0.25, -0.2) is 17.9 Å². The molecule has 1 atom stereocenters. The van der Waals surface area contributed by atoms with E-state index >= 15 is 0 Å². The Bertz CT molecular complexity index is 748. The zero-order valence-electron chi connectivity index (χ0n) is 11.2. The van der Waals surface area contributed by atoms with E-state index in [0.717, 1.165) is 5.56 Å². The zero-order chi connectivity index (χ0) is 15.6. The van der Waals surface area contributed by atoms with Crippen molar-refractivity contribution in [2.75, 3.05) is 5.32 Å². The van der Waals surface area contributed by atoms with E-state index in [4.69, 9.17) is 16.7 Å². The average molecular weight is 329 g/mol. The molecule has 112 valence electrons. The van der Waals surface area contributed by atoms with Gasteiger partial charge in [0, 0.05) is 11.7 Å². The molecule has 2 aromatic rings. The highest BCUT2D eigenvalue weighted by Crippen LogP contribution is 2.23. The SMILES string of the molecule is CC(Nc1ccc(Cl)c(F)c1)c1ccc(S(N)(=O)=O)cc1. The molecule has 0 aliphatic heterocycles. The normalized spacial score (nSPS) is 13.0. The van der Waals surface area contributed by atoms with E-state index in [1.165, 1.54) is 24.3 Å². The van der Waals surface area contributed by atoms with Gasteiger partial charge in [-0.2, -0.15) is 0 Å². The molecule has 0 aliphatic carbocycles. The van der Waals surface area contributed by atoms with Crippen LogP contribution in [-0.4, -0.2) is 8.42 Å². The number of hydrogen-bond acceptors (Lipinski definition) is 3. The maximum atomic E-state index is 13.4. The van der Waals surface area contributed by atoms with E-state index in [1.54, 1.807) is 18.2 Å². The molecule has 21 heavy (non-hydrogen) atoms. The lowest BCUT2D eigenvalue weighted by atomic mass is 10.1. The summed E-state index contributed by atoms with van der Waals surface area (Å²) in [6.45, 7) is 1.87. The lowest BCUT2D eigenvalue weighted by molar-refractivity contribution is 0.597. The first kappa shape index (κ1) is 15.8. The molecule has 1 unspecified atom stereocenters. The number of nitrogens with one attached hydrogen (secondary N) is 1. The van der Waals surface area contributed by atoms with Crippen LogP contribution in [0.25, 0.3) is 0 Å². The fourth-order valence-electron chi connectivity index (χ4n) is 1.87. The van der Waals surface area contributed by atoms with Crippen LogP contribution in [-0.2, 0) is 10.0 Å². The van der Waals surface area contributed by atoms with Gasteiger partial charge in [0.25, 0.3) is 0 Å². The molecule has 0 aliphatic rings. The predicted molar refractivity (Wildman–Crippen MR) is 81.3 cm³/mol. The molecule has 0 radical (unpaired) electrons. The molecule has 7 heteroatoms. The Morgan fingerprint density at radius 1 is 1.19 bits per heavy atom. The molecule has 0 fully saturated rings. The van der Waals surface area contributed by atoms with Crippen LogP contribution in [0.3, 0.4) is 0 Å².